The Balaban J connectivity index is 1.54. The number of rotatable bonds is 2. The monoisotopic (exact) mass is 297 g/mol. The summed E-state index contributed by atoms with van der Waals surface area (Å²) in [6, 6.07) is 0. The van der Waals surface area contributed by atoms with Gasteiger partial charge in [-0.2, -0.15) is 0 Å². The lowest BCUT2D eigenvalue weighted by atomic mass is 9.53. The second kappa shape index (κ2) is 4.16. The molecular formula is C13H16ClN3OS. The van der Waals surface area contributed by atoms with Crippen LogP contribution in [-0.2, 0) is 0 Å². The summed E-state index contributed by atoms with van der Waals surface area (Å²) in [5, 5.41) is 11.2. The van der Waals surface area contributed by atoms with Crippen LogP contribution in [0.15, 0.2) is 0 Å². The smallest absolute Gasteiger partial charge is 0.282 e. The number of nitrogens with zero attached hydrogens (tertiary/aromatic N) is 2. The van der Waals surface area contributed by atoms with E-state index in [1.807, 2.05) is 0 Å². The van der Waals surface area contributed by atoms with E-state index in [1.54, 1.807) is 0 Å². The molecule has 0 spiro atoms. The fourth-order valence-electron chi connectivity index (χ4n) is 4.86. The summed E-state index contributed by atoms with van der Waals surface area (Å²) in [7, 11) is 0. The van der Waals surface area contributed by atoms with Crippen LogP contribution in [0.1, 0.15) is 48.3 Å². The first-order valence-corrected chi connectivity index (χ1v) is 8.13. The predicted molar refractivity (Wildman–Crippen MR) is 73.3 cm³/mol. The molecule has 4 bridgehead atoms. The molecule has 0 aromatic carbocycles. The number of hydrogen-bond donors (Lipinski definition) is 1. The molecule has 1 aromatic rings. The van der Waals surface area contributed by atoms with Gasteiger partial charge in [0.2, 0.25) is 9.47 Å². The van der Waals surface area contributed by atoms with E-state index in [9.17, 15) is 4.79 Å². The number of carbonyl (C=O) groups is 1. The number of nitrogens with one attached hydrogen (secondary N) is 1. The summed E-state index contributed by atoms with van der Waals surface area (Å²) < 4.78 is 0.329. The topological polar surface area (TPSA) is 54.9 Å². The number of amides is 1. The van der Waals surface area contributed by atoms with Gasteiger partial charge in [0.15, 0.2) is 0 Å². The second-order valence-corrected chi connectivity index (χ2v) is 8.07. The van der Waals surface area contributed by atoms with Crippen LogP contribution < -0.4 is 5.32 Å². The Kier molecular flexibility index (Phi) is 2.64. The van der Waals surface area contributed by atoms with Gasteiger partial charge in [0, 0.05) is 5.54 Å². The molecule has 19 heavy (non-hydrogen) atoms. The molecule has 4 nitrogen and oxygen atoms in total. The molecule has 4 aliphatic rings. The highest BCUT2D eigenvalue weighted by molar-refractivity contribution is 7.17. The third-order valence-corrected chi connectivity index (χ3v) is 6.03. The first kappa shape index (κ1) is 12.1. The average molecular weight is 298 g/mol. The summed E-state index contributed by atoms with van der Waals surface area (Å²) in [6.07, 6.45) is 7.57. The van der Waals surface area contributed by atoms with Gasteiger partial charge in [0.25, 0.3) is 5.91 Å². The molecule has 6 heteroatoms. The summed E-state index contributed by atoms with van der Waals surface area (Å²) in [6.45, 7) is 0. The Bertz CT molecular complexity index is 494. The van der Waals surface area contributed by atoms with Crippen molar-refractivity contribution in [3.63, 3.8) is 0 Å². The summed E-state index contributed by atoms with van der Waals surface area (Å²) in [5.41, 5.74) is 0.0317. The number of aromatic nitrogens is 2. The molecule has 102 valence electrons. The van der Waals surface area contributed by atoms with Gasteiger partial charge in [-0.15, -0.1) is 10.2 Å². The third-order valence-electron chi connectivity index (χ3n) is 5.01. The molecule has 0 aliphatic heterocycles. The van der Waals surface area contributed by atoms with Gasteiger partial charge in [-0.25, -0.2) is 0 Å². The molecule has 0 radical (unpaired) electrons. The fraction of sp³-hybridized carbons (Fsp3) is 0.769. The highest BCUT2D eigenvalue weighted by atomic mass is 35.5. The SMILES string of the molecule is O=C(NC12CC3CC(CC(C3)C1)C2)c1nnc(Cl)s1. The molecule has 1 amide bonds. The van der Waals surface area contributed by atoms with Gasteiger partial charge in [0.05, 0.1) is 0 Å². The van der Waals surface area contributed by atoms with E-state index in [4.69, 9.17) is 11.6 Å². The predicted octanol–water partition coefficient (Wildman–Crippen LogP) is 2.89. The molecule has 0 atom stereocenters. The lowest BCUT2D eigenvalue weighted by molar-refractivity contribution is -0.0167. The van der Waals surface area contributed by atoms with E-state index in [0.717, 1.165) is 48.4 Å². The molecule has 1 heterocycles. The summed E-state index contributed by atoms with van der Waals surface area (Å²) in [4.78, 5) is 12.3. The van der Waals surface area contributed by atoms with Gasteiger partial charge >= 0.3 is 0 Å². The first-order valence-electron chi connectivity index (χ1n) is 6.93. The summed E-state index contributed by atoms with van der Waals surface area (Å²) in [5.74, 6) is 2.38. The van der Waals surface area contributed by atoms with Crippen LogP contribution in [0.5, 0.6) is 0 Å². The Labute approximate surface area is 120 Å². The van der Waals surface area contributed by atoms with E-state index < -0.39 is 0 Å². The van der Waals surface area contributed by atoms with Crippen molar-refractivity contribution in [2.24, 2.45) is 17.8 Å². The van der Waals surface area contributed by atoms with Crippen molar-refractivity contribution >= 4 is 28.8 Å². The minimum absolute atomic E-state index is 0.0317. The molecule has 0 unspecified atom stereocenters. The van der Waals surface area contributed by atoms with E-state index in [-0.39, 0.29) is 11.4 Å². The zero-order chi connectivity index (χ0) is 13.0. The lowest BCUT2D eigenvalue weighted by Crippen LogP contribution is -2.59. The van der Waals surface area contributed by atoms with Crippen LogP contribution in [0.25, 0.3) is 0 Å². The maximum Gasteiger partial charge on any atom is 0.282 e. The van der Waals surface area contributed by atoms with Gasteiger partial charge < -0.3 is 5.32 Å². The molecule has 4 aliphatic carbocycles. The number of hydrogen-bond acceptors (Lipinski definition) is 4. The van der Waals surface area contributed by atoms with Crippen molar-refractivity contribution in [2.45, 2.75) is 44.1 Å². The third kappa shape index (κ3) is 2.07. The first-order chi connectivity index (χ1) is 9.12. The van der Waals surface area contributed by atoms with Gasteiger partial charge in [-0.1, -0.05) is 11.3 Å². The van der Waals surface area contributed by atoms with Gasteiger partial charge in [-0.3, -0.25) is 4.79 Å². The van der Waals surface area contributed by atoms with Crippen molar-refractivity contribution in [3.05, 3.63) is 9.47 Å². The normalized spacial score (nSPS) is 39.5. The van der Waals surface area contributed by atoms with Crippen LogP contribution in [0.4, 0.5) is 0 Å². The minimum Gasteiger partial charge on any atom is -0.344 e. The molecule has 4 fully saturated rings. The lowest BCUT2D eigenvalue weighted by Gasteiger charge is -2.56. The number of carbonyl (C=O) groups excluding carboxylic acids is 1. The zero-order valence-electron chi connectivity index (χ0n) is 10.6. The minimum atomic E-state index is -0.0913. The quantitative estimate of drug-likeness (QED) is 0.913. The van der Waals surface area contributed by atoms with E-state index in [0.29, 0.717) is 9.47 Å². The fourth-order valence-corrected chi connectivity index (χ4v) is 5.58. The van der Waals surface area contributed by atoms with E-state index >= 15 is 0 Å². The second-order valence-electron chi connectivity index (χ2n) is 6.51. The largest absolute Gasteiger partial charge is 0.344 e. The average Bonchev–Trinajstić information content (AvgIpc) is 2.73. The van der Waals surface area contributed by atoms with Crippen LogP contribution in [-0.4, -0.2) is 21.6 Å². The number of halogens is 1. The van der Waals surface area contributed by atoms with Crippen LogP contribution in [0, 0.1) is 17.8 Å². The maximum absolute atomic E-state index is 12.3. The molecular weight excluding hydrogens is 282 g/mol. The molecule has 1 aromatic heterocycles. The van der Waals surface area contributed by atoms with E-state index in [2.05, 4.69) is 15.5 Å². The van der Waals surface area contributed by atoms with Crippen molar-refractivity contribution in [1.82, 2.24) is 15.5 Å². The van der Waals surface area contributed by atoms with Crippen LogP contribution in [0.3, 0.4) is 0 Å². The Morgan fingerprint density at radius 3 is 2.21 bits per heavy atom. The molecule has 5 rings (SSSR count). The van der Waals surface area contributed by atoms with Gasteiger partial charge in [0.1, 0.15) is 0 Å². The van der Waals surface area contributed by atoms with Crippen molar-refractivity contribution in [3.8, 4) is 0 Å². The van der Waals surface area contributed by atoms with Crippen molar-refractivity contribution in [1.29, 1.82) is 0 Å². The molecule has 4 saturated carbocycles. The Morgan fingerprint density at radius 1 is 1.16 bits per heavy atom. The van der Waals surface area contributed by atoms with E-state index in [1.165, 1.54) is 19.3 Å². The Morgan fingerprint density at radius 2 is 1.74 bits per heavy atom. The van der Waals surface area contributed by atoms with Crippen molar-refractivity contribution in [2.75, 3.05) is 0 Å². The van der Waals surface area contributed by atoms with Crippen molar-refractivity contribution < 1.29 is 4.79 Å². The Hall–Kier alpha value is -0.680. The summed E-state index contributed by atoms with van der Waals surface area (Å²) >= 11 is 6.90. The molecule has 0 saturated heterocycles. The highest BCUT2D eigenvalue weighted by Gasteiger charge is 2.51. The standard InChI is InChI=1S/C13H16ClN3OS/c14-12-17-16-11(19-12)10(18)15-13-4-7-1-8(5-13)3-9(2-7)6-13/h7-9H,1-6H2,(H,15,18). The van der Waals surface area contributed by atoms with Gasteiger partial charge in [-0.05, 0) is 67.9 Å². The maximum atomic E-state index is 12.3. The molecule has 1 N–H and O–H groups in total. The van der Waals surface area contributed by atoms with Crippen LogP contribution in [0.2, 0.25) is 4.47 Å². The zero-order valence-corrected chi connectivity index (χ0v) is 12.1. The highest BCUT2D eigenvalue weighted by Crippen LogP contribution is 2.55. The van der Waals surface area contributed by atoms with Crippen LogP contribution >= 0.6 is 22.9 Å².